The number of hydrogen-bond acceptors (Lipinski definition) is 2. The van der Waals surface area contributed by atoms with Crippen molar-refractivity contribution in [2.75, 3.05) is 6.54 Å². The number of ketones is 1. The number of halogens is 1. The van der Waals surface area contributed by atoms with Crippen molar-refractivity contribution >= 4 is 27.6 Å². The lowest BCUT2D eigenvalue weighted by Crippen LogP contribution is -2.40. The molecule has 1 aliphatic heterocycles. The van der Waals surface area contributed by atoms with Gasteiger partial charge in [-0.2, -0.15) is 0 Å². The highest BCUT2D eigenvalue weighted by molar-refractivity contribution is 9.10. The molecule has 1 heterocycles. The molecule has 0 radical (unpaired) electrons. The molecule has 3 nitrogen and oxygen atoms in total. The van der Waals surface area contributed by atoms with Gasteiger partial charge in [0.1, 0.15) is 5.78 Å². The van der Waals surface area contributed by atoms with E-state index in [0.29, 0.717) is 13.0 Å². The summed E-state index contributed by atoms with van der Waals surface area (Å²) in [4.78, 5) is 24.8. The maximum Gasteiger partial charge on any atom is 0.230 e. The molecule has 1 unspecified atom stereocenters. The number of carbonyl (C=O) groups excluding carboxylic acids is 2. The lowest BCUT2D eigenvalue weighted by Gasteiger charge is -2.32. The summed E-state index contributed by atoms with van der Waals surface area (Å²) in [5.41, 5.74) is 1.09. The van der Waals surface area contributed by atoms with Crippen LogP contribution in [-0.4, -0.2) is 23.1 Å². The number of Topliss-reactive ketones (excluding diaryl/α,β-unsaturated/α-hetero) is 1. The molecule has 0 bridgehead atoms. The van der Waals surface area contributed by atoms with Gasteiger partial charge in [-0.25, -0.2) is 0 Å². The summed E-state index contributed by atoms with van der Waals surface area (Å²) in [5.74, 6) is -0.0126. The average Bonchev–Trinajstić information content (AvgIpc) is 2.28. The molecule has 1 atom stereocenters. The van der Waals surface area contributed by atoms with E-state index < -0.39 is 0 Å². The number of rotatable bonds is 2. The fourth-order valence-electron chi connectivity index (χ4n) is 2.08. The first-order chi connectivity index (χ1) is 8.08. The van der Waals surface area contributed by atoms with Crippen molar-refractivity contribution in [2.24, 2.45) is 0 Å². The summed E-state index contributed by atoms with van der Waals surface area (Å²) in [6.45, 7) is 2.53. The predicted molar refractivity (Wildman–Crippen MR) is 68.5 cm³/mol. The van der Waals surface area contributed by atoms with Gasteiger partial charge in [-0.15, -0.1) is 0 Å². The largest absolute Gasteiger partial charge is 0.335 e. The Labute approximate surface area is 109 Å². The highest BCUT2D eigenvalue weighted by atomic mass is 79.9. The molecule has 0 saturated carbocycles. The van der Waals surface area contributed by atoms with Gasteiger partial charge in [0.2, 0.25) is 5.91 Å². The summed E-state index contributed by atoms with van der Waals surface area (Å²) in [7, 11) is 0. The minimum Gasteiger partial charge on any atom is -0.335 e. The molecule has 2 rings (SSSR count). The molecular formula is C13H14BrNO2. The second-order valence-electron chi connectivity index (χ2n) is 4.28. The van der Waals surface area contributed by atoms with E-state index in [-0.39, 0.29) is 24.2 Å². The van der Waals surface area contributed by atoms with Crippen LogP contribution in [0.2, 0.25) is 0 Å². The standard InChI is InChI=1S/C13H14BrNO2/c1-9(10-3-2-4-11(14)7-10)15-6-5-12(16)8-13(15)17/h2-4,7,9H,5-6,8H2,1H3. The molecule has 1 saturated heterocycles. The Morgan fingerprint density at radius 1 is 1.35 bits per heavy atom. The molecule has 1 fully saturated rings. The number of likely N-dealkylation sites (tertiary alicyclic amines) is 1. The van der Waals surface area contributed by atoms with Crippen LogP contribution < -0.4 is 0 Å². The van der Waals surface area contributed by atoms with E-state index in [0.717, 1.165) is 10.0 Å². The highest BCUT2D eigenvalue weighted by Gasteiger charge is 2.27. The van der Waals surface area contributed by atoms with Gasteiger partial charge >= 0.3 is 0 Å². The zero-order chi connectivity index (χ0) is 12.4. The number of nitrogens with zero attached hydrogens (tertiary/aromatic N) is 1. The van der Waals surface area contributed by atoms with Crippen LogP contribution in [0.4, 0.5) is 0 Å². The van der Waals surface area contributed by atoms with Crippen molar-refractivity contribution in [3.63, 3.8) is 0 Å². The van der Waals surface area contributed by atoms with Crippen LogP contribution in [0.15, 0.2) is 28.7 Å². The van der Waals surface area contributed by atoms with Gasteiger partial charge in [-0.3, -0.25) is 9.59 Å². The van der Waals surface area contributed by atoms with E-state index in [2.05, 4.69) is 15.9 Å². The monoisotopic (exact) mass is 295 g/mol. The molecule has 1 aromatic rings. The first-order valence-electron chi connectivity index (χ1n) is 5.64. The maximum absolute atomic E-state index is 11.8. The van der Waals surface area contributed by atoms with E-state index in [1.54, 1.807) is 4.90 Å². The van der Waals surface area contributed by atoms with Gasteiger partial charge in [-0.05, 0) is 24.6 Å². The quantitative estimate of drug-likeness (QED) is 0.787. The number of amides is 1. The molecule has 0 N–H and O–H groups in total. The van der Waals surface area contributed by atoms with E-state index in [9.17, 15) is 9.59 Å². The molecule has 90 valence electrons. The molecular weight excluding hydrogens is 282 g/mol. The topological polar surface area (TPSA) is 37.4 Å². The summed E-state index contributed by atoms with van der Waals surface area (Å²) in [6.07, 6.45) is 0.530. The Morgan fingerprint density at radius 2 is 2.12 bits per heavy atom. The zero-order valence-electron chi connectivity index (χ0n) is 9.65. The molecule has 4 heteroatoms. The van der Waals surface area contributed by atoms with Gasteiger partial charge in [0.15, 0.2) is 0 Å². The van der Waals surface area contributed by atoms with E-state index >= 15 is 0 Å². The van der Waals surface area contributed by atoms with Gasteiger partial charge in [0.05, 0.1) is 12.5 Å². The van der Waals surface area contributed by atoms with Crippen LogP contribution in [0, 0.1) is 0 Å². The van der Waals surface area contributed by atoms with Crippen molar-refractivity contribution in [1.82, 2.24) is 4.90 Å². The summed E-state index contributed by atoms with van der Waals surface area (Å²) >= 11 is 3.42. The fraction of sp³-hybridized carbons (Fsp3) is 0.385. The van der Waals surface area contributed by atoms with Crippen LogP contribution in [0.1, 0.15) is 31.4 Å². The molecule has 1 aromatic carbocycles. The smallest absolute Gasteiger partial charge is 0.230 e. The van der Waals surface area contributed by atoms with E-state index in [1.165, 1.54) is 0 Å². The maximum atomic E-state index is 11.8. The van der Waals surface area contributed by atoms with Crippen molar-refractivity contribution in [3.8, 4) is 0 Å². The van der Waals surface area contributed by atoms with Crippen molar-refractivity contribution in [3.05, 3.63) is 34.3 Å². The SMILES string of the molecule is CC(c1cccc(Br)c1)N1CCC(=O)CC1=O. The van der Waals surface area contributed by atoms with Crippen molar-refractivity contribution < 1.29 is 9.59 Å². The van der Waals surface area contributed by atoms with Crippen LogP contribution in [0.5, 0.6) is 0 Å². The third-order valence-electron chi connectivity index (χ3n) is 3.10. The van der Waals surface area contributed by atoms with Crippen LogP contribution in [-0.2, 0) is 9.59 Å². The third kappa shape index (κ3) is 2.75. The van der Waals surface area contributed by atoms with Gasteiger partial charge in [-0.1, -0.05) is 28.1 Å². The molecule has 0 spiro atoms. The summed E-state index contributed by atoms with van der Waals surface area (Å²) in [5, 5.41) is 0. The van der Waals surface area contributed by atoms with Crippen LogP contribution in [0.3, 0.4) is 0 Å². The number of benzene rings is 1. The van der Waals surface area contributed by atoms with Crippen molar-refractivity contribution in [1.29, 1.82) is 0 Å². The molecule has 1 aliphatic rings. The lowest BCUT2D eigenvalue weighted by molar-refractivity contribution is -0.141. The van der Waals surface area contributed by atoms with Crippen LogP contribution >= 0.6 is 15.9 Å². The van der Waals surface area contributed by atoms with Gasteiger partial charge in [0, 0.05) is 17.4 Å². The second kappa shape index (κ2) is 5.00. The Balaban J connectivity index is 2.17. The molecule has 17 heavy (non-hydrogen) atoms. The normalized spacial score (nSPS) is 18.4. The molecule has 1 amide bonds. The first kappa shape index (κ1) is 12.3. The number of carbonyl (C=O) groups is 2. The number of hydrogen-bond donors (Lipinski definition) is 0. The Kier molecular flexibility index (Phi) is 3.62. The second-order valence-corrected chi connectivity index (χ2v) is 5.20. The minimum atomic E-state index is -0.0614. The Hall–Kier alpha value is -1.16. The minimum absolute atomic E-state index is 0.0214. The first-order valence-corrected chi connectivity index (χ1v) is 6.44. The Morgan fingerprint density at radius 3 is 2.76 bits per heavy atom. The highest BCUT2D eigenvalue weighted by Crippen LogP contribution is 2.25. The Bertz CT molecular complexity index is 458. The van der Waals surface area contributed by atoms with Crippen molar-refractivity contribution in [2.45, 2.75) is 25.8 Å². The van der Waals surface area contributed by atoms with E-state index in [1.807, 2.05) is 31.2 Å². The zero-order valence-corrected chi connectivity index (χ0v) is 11.2. The lowest BCUT2D eigenvalue weighted by atomic mass is 10.0. The van der Waals surface area contributed by atoms with E-state index in [4.69, 9.17) is 0 Å². The summed E-state index contributed by atoms with van der Waals surface area (Å²) < 4.78 is 1.00. The van der Waals surface area contributed by atoms with Gasteiger partial charge < -0.3 is 4.90 Å². The fourth-order valence-corrected chi connectivity index (χ4v) is 2.50. The van der Waals surface area contributed by atoms with Gasteiger partial charge in [0.25, 0.3) is 0 Å². The predicted octanol–water partition coefficient (Wildman–Crippen LogP) is 2.70. The molecule has 0 aromatic heterocycles. The number of piperidine rings is 1. The average molecular weight is 296 g/mol. The van der Waals surface area contributed by atoms with Crippen LogP contribution in [0.25, 0.3) is 0 Å². The summed E-state index contributed by atoms with van der Waals surface area (Å²) in [6, 6.07) is 7.94. The molecule has 0 aliphatic carbocycles. The third-order valence-corrected chi connectivity index (χ3v) is 3.59.